The third-order valence-corrected chi connectivity index (χ3v) is 4.46. The fourth-order valence-electron chi connectivity index (χ4n) is 2.97. The van der Waals surface area contributed by atoms with Crippen molar-refractivity contribution in [3.8, 4) is 0 Å². The van der Waals surface area contributed by atoms with Gasteiger partial charge in [0.1, 0.15) is 11.5 Å². The number of carbonyl (C=O) groups excluding carboxylic acids is 3. The molecule has 1 aromatic carbocycles. The van der Waals surface area contributed by atoms with Crippen LogP contribution in [0.1, 0.15) is 42.7 Å². The lowest BCUT2D eigenvalue weighted by Crippen LogP contribution is -2.53. The van der Waals surface area contributed by atoms with Crippen molar-refractivity contribution in [2.75, 3.05) is 32.6 Å². The SMILES string of the molecule is CNC(=O)c1cccc([C@@H]2CN(C(=O)OC(C)(C)C)CCN2C(=O)CCl)c1. The van der Waals surface area contributed by atoms with Gasteiger partial charge < -0.3 is 19.9 Å². The van der Waals surface area contributed by atoms with Crippen LogP contribution in [0.3, 0.4) is 0 Å². The average molecular weight is 396 g/mol. The van der Waals surface area contributed by atoms with Gasteiger partial charge in [0, 0.05) is 32.2 Å². The molecule has 1 aliphatic rings. The number of nitrogens with one attached hydrogen (secondary N) is 1. The van der Waals surface area contributed by atoms with Gasteiger partial charge >= 0.3 is 6.09 Å². The highest BCUT2D eigenvalue weighted by Gasteiger charge is 2.35. The normalized spacial score (nSPS) is 17.4. The third kappa shape index (κ3) is 5.35. The molecule has 0 aliphatic carbocycles. The molecule has 1 heterocycles. The largest absolute Gasteiger partial charge is 0.444 e. The van der Waals surface area contributed by atoms with Crippen LogP contribution in [-0.4, -0.2) is 65.9 Å². The number of hydrogen-bond donors (Lipinski definition) is 1. The van der Waals surface area contributed by atoms with Gasteiger partial charge in [0.05, 0.1) is 6.04 Å². The van der Waals surface area contributed by atoms with Gasteiger partial charge in [-0.1, -0.05) is 12.1 Å². The summed E-state index contributed by atoms with van der Waals surface area (Å²) in [7, 11) is 1.56. The Morgan fingerprint density at radius 1 is 1.26 bits per heavy atom. The summed E-state index contributed by atoms with van der Waals surface area (Å²) in [5.74, 6) is -0.569. The van der Waals surface area contributed by atoms with E-state index in [2.05, 4.69) is 5.32 Å². The van der Waals surface area contributed by atoms with Crippen LogP contribution in [0.5, 0.6) is 0 Å². The number of alkyl halides is 1. The minimum absolute atomic E-state index is 0.141. The van der Waals surface area contributed by atoms with Crippen LogP contribution in [0.15, 0.2) is 24.3 Å². The molecule has 8 heteroatoms. The first-order valence-electron chi connectivity index (χ1n) is 8.81. The summed E-state index contributed by atoms with van der Waals surface area (Å²) < 4.78 is 5.46. The lowest BCUT2D eigenvalue weighted by atomic mass is 9.99. The van der Waals surface area contributed by atoms with Gasteiger partial charge in [0.25, 0.3) is 5.91 Å². The Hall–Kier alpha value is -2.28. The molecule has 0 radical (unpaired) electrons. The fourth-order valence-corrected chi connectivity index (χ4v) is 3.12. The van der Waals surface area contributed by atoms with Gasteiger partial charge in [-0.25, -0.2) is 4.79 Å². The topological polar surface area (TPSA) is 79.0 Å². The average Bonchev–Trinajstić information content (AvgIpc) is 2.65. The summed E-state index contributed by atoms with van der Waals surface area (Å²) in [5.41, 5.74) is 0.653. The van der Waals surface area contributed by atoms with Gasteiger partial charge in [-0.2, -0.15) is 0 Å². The Balaban J connectivity index is 2.30. The molecule has 7 nitrogen and oxygen atoms in total. The number of benzene rings is 1. The first-order chi connectivity index (χ1) is 12.7. The highest BCUT2D eigenvalue weighted by atomic mass is 35.5. The lowest BCUT2D eigenvalue weighted by molar-refractivity contribution is -0.133. The number of carbonyl (C=O) groups is 3. The van der Waals surface area contributed by atoms with E-state index in [1.807, 2.05) is 26.8 Å². The van der Waals surface area contributed by atoms with Crippen LogP contribution in [0.25, 0.3) is 0 Å². The van der Waals surface area contributed by atoms with E-state index in [0.717, 1.165) is 5.56 Å². The zero-order valence-corrected chi connectivity index (χ0v) is 16.9. The summed E-state index contributed by atoms with van der Waals surface area (Å²) in [6.07, 6.45) is -0.423. The van der Waals surface area contributed by atoms with E-state index in [9.17, 15) is 14.4 Å². The first kappa shape index (κ1) is 21.0. The number of nitrogens with zero attached hydrogens (tertiary/aromatic N) is 2. The predicted octanol–water partition coefficient (Wildman–Crippen LogP) is 2.41. The molecule has 1 atom stereocenters. The number of halogens is 1. The molecular weight excluding hydrogens is 370 g/mol. The lowest BCUT2D eigenvalue weighted by Gasteiger charge is -2.41. The standard InChI is InChI=1S/C19H26ClN3O4/c1-19(2,3)27-18(26)22-8-9-23(16(24)11-20)15(12-22)13-6-5-7-14(10-13)17(25)21-4/h5-7,10,15H,8-9,11-12H2,1-4H3,(H,21,25)/t15-/m0/s1. The monoisotopic (exact) mass is 395 g/mol. The van der Waals surface area contributed by atoms with Crippen LogP contribution in [0.4, 0.5) is 4.79 Å². The smallest absolute Gasteiger partial charge is 0.410 e. The number of piperazine rings is 1. The van der Waals surface area contributed by atoms with Gasteiger partial charge in [-0.05, 0) is 38.5 Å². The maximum atomic E-state index is 12.5. The zero-order chi connectivity index (χ0) is 20.2. The molecule has 0 saturated carbocycles. The van der Waals surface area contributed by atoms with Crippen LogP contribution >= 0.6 is 11.6 Å². The Morgan fingerprint density at radius 3 is 2.56 bits per heavy atom. The zero-order valence-electron chi connectivity index (χ0n) is 16.1. The van der Waals surface area contributed by atoms with Crippen LogP contribution < -0.4 is 5.32 Å². The third-order valence-electron chi connectivity index (χ3n) is 4.23. The maximum Gasteiger partial charge on any atom is 0.410 e. The minimum atomic E-state index is -0.602. The first-order valence-corrected chi connectivity index (χ1v) is 9.35. The Bertz CT molecular complexity index is 717. The van der Waals surface area contributed by atoms with Crippen molar-refractivity contribution < 1.29 is 19.1 Å². The second-order valence-electron chi connectivity index (χ2n) is 7.37. The van der Waals surface area contributed by atoms with Crippen molar-refractivity contribution in [1.82, 2.24) is 15.1 Å². The van der Waals surface area contributed by atoms with Crippen LogP contribution in [0.2, 0.25) is 0 Å². The predicted molar refractivity (Wildman–Crippen MR) is 103 cm³/mol. The molecule has 0 unspecified atom stereocenters. The van der Waals surface area contributed by atoms with E-state index < -0.39 is 17.7 Å². The molecule has 3 amide bonds. The van der Waals surface area contributed by atoms with E-state index in [-0.39, 0.29) is 24.2 Å². The van der Waals surface area contributed by atoms with E-state index in [1.54, 1.807) is 35.0 Å². The Labute approximate surface area is 164 Å². The quantitative estimate of drug-likeness (QED) is 0.797. The Kier molecular flexibility index (Phi) is 6.70. The maximum absolute atomic E-state index is 12.5. The fraction of sp³-hybridized carbons (Fsp3) is 0.526. The van der Waals surface area contributed by atoms with Gasteiger partial charge in [0.15, 0.2) is 0 Å². The van der Waals surface area contributed by atoms with Gasteiger partial charge in [-0.15, -0.1) is 11.6 Å². The van der Waals surface area contributed by atoms with Crippen LogP contribution in [-0.2, 0) is 9.53 Å². The molecule has 1 saturated heterocycles. The molecular formula is C19H26ClN3O4. The summed E-state index contributed by atoms with van der Waals surface area (Å²) in [4.78, 5) is 40.0. The van der Waals surface area contributed by atoms with E-state index >= 15 is 0 Å². The highest BCUT2D eigenvalue weighted by Crippen LogP contribution is 2.27. The molecule has 0 aromatic heterocycles. The molecule has 0 spiro atoms. The number of ether oxygens (including phenoxy) is 1. The van der Waals surface area contributed by atoms with E-state index in [1.165, 1.54) is 0 Å². The molecule has 27 heavy (non-hydrogen) atoms. The van der Waals surface area contributed by atoms with Crippen LogP contribution in [0, 0.1) is 0 Å². The molecule has 1 fully saturated rings. The summed E-state index contributed by atoms with van der Waals surface area (Å²) in [6.45, 7) is 6.41. The van der Waals surface area contributed by atoms with E-state index in [0.29, 0.717) is 18.7 Å². The highest BCUT2D eigenvalue weighted by molar-refractivity contribution is 6.27. The van der Waals surface area contributed by atoms with Crippen molar-refractivity contribution in [3.05, 3.63) is 35.4 Å². The molecule has 1 aliphatic heterocycles. The molecule has 0 bridgehead atoms. The minimum Gasteiger partial charge on any atom is -0.444 e. The molecule has 148 valence electrons. The van der Waals surface area contributed by atoms with E-state index in [4.69, 9.17) is 16.3 Å². The van der Waals surface area contributed by atoms with Crippen molar-refractivity contribution in [3.63, 3.8) is 0 Å². The van der Waals surface area contributed by atoms with Gasteiger partial charge in [0.2, 0.25) is 5.91 Å². The summed E-state index contributed by atoms with van der Waals surface area (Å²) >= 11 is 5.77. The van der Waals surface area contributed by atoms with Crippen molar-refractivity contribution in [1.29, 1.82) is 0 Å². The summed E-state index contributed by atoms with van der Waals surface area (Å²) in [5, 5.41) is 2.58. The van der Waals surface area contributed by atoms with Crippen molar-refractivity contribution in [2.45, 2.75) is 32.4 Å². The number of amides is 3. The Morgan fingerprint density at radius 2 is 1.96 bits per heavy atom. The number of hydrogen-bond acceptors (Lipinski definition) is 4. The number of rotatable bonds is 3. The van der Waals surface area contributed by atoms with Crippen molar-refractivity contribution in [2.24, 2.45) is 0 Å². The molecule has 1 aromatic rings. The molecule has 2 rings (SSSR count). The second-order valence-corrected chi connectivity index (χ2v) is 7.63. The second kappa shape index (κ2) is 8.61. The van der Waals surface area contributed by atoms with Gasteiger partial charge in [-0.3, -0.25) is 9.59 Å². The molecule has 1 N–H and O–H groups in total. The van der Waals surface area contributed by atoms with Crippen molar-refractivity contribution >= 4 is 29.5 Å². The summed E-state index contributed by atoms with van der Waals surface area (Å²) in [6, 6.07) is 6.63.